The zero-order chi connectivity index (χ0) is 51.7. The molecule has 0 spiro atoms. The number of cyclic esters (lactones) is 1. The molecular formula is C47H83N3O18P2. The second-order valence-corrected chi connectivity index (χ2v) is 22.2. The lowest BCUT2D eigenvalue weighted by molar-refractivity contribution is -0.195. The lowest BCUT2D eigenvalue weighted by Crippen LogP contribution is -2.52. The van der Waals surface area contributed by atoms with Crippen LogP contribution in [0.3, 0.4) is 0 Å². The van der Waals surface area contributed by atoms with Crippen LogP contribution in [0.5, 0.6) is 0 Å². The molecular weight excluding hydrogens is 956 g/mol. The van der Waals surface area contributed by atoms with Crippen molar-refractivity contribution in [3.05, 3.63) is 34.9 Å². The first-order valence-electron chi connectivity index (χ1n) is 25.3. The van der Waals surface area contributed by atoms with Gasteiger partial charge in [0.05, 0.1) is 37.6 Å². The van der Waals surface area contributed by atoms with Gasteiger partial charge in [0.1, 0.15) is 30.9 Å². The maximum atomic E-state index is 13.4. The summed E-state index contributed by atoms with van der Waals surface area (Å²) in [6, 6.07) is 1.26. The van der Waals surface area contributed by atoms with Crippen LogP contribution < -0.4 is 11.4 Å². The molecule has 2 fully saturated rings. The number of nitrogens with zero attached hydrogens (tertiary/aromatic N) is 2. The number of rotatable bonds is 20. The second-order valence-electron chi connectivity index (χ2n) is 19.1. The van der Waals surface area contributed by atoms with E-state index < -0.39 is 120 Å². The summed E-state index contributed by atoms with van der Waals surface area (Å²) in [6.07, 6.45) is 5.31. The SMILES string of the molecule is CCCCC[C@H](O)/C=C/[C@@H]1[C@H](O)[C@H](O)[C@H]2COP(=O)(O)OP(=O)(O)OC[C@H](OC(=O)CCCCCCCCCCCC(C)C)COC(=O)CCCCCC[C@H]([C@H](n3ccc(N)nc3=O)O2)[C@@H](O)C[C@H]1O. The minimum atomic E-state index is -5.69. The van der Waals surface area contributed by atoms with E-state index in [9.17, 15) is 58.8 Å². The molecule has 21 nitrogen and oxygen atoms in total. The summed E-state index contributed by atoms with van der Waals surface area (Å²) in [7, 11) is -11.3. The van der Waals surface area contributed by atoms with Crippen molar-refractivity contribution in [3.8, 4) is 0 Å². The average molecular weight is 1040 g/mol. The van der Waals surface area contributed by atoms with Crippen LogP contribution in [0.15, 0.2) is 29.2 Å². The van der Waals surface area contributed by atoms with Crippen LogP contribution in [0.25, 0.3) is 0 Å². The zero-order valence-electron chi connectivity index (χ0n) is 41.3. The largest absolute Gasteiger partial charge is 0.481 e. The molecule has 9 N–H and O–H groups in total. The van der Waals surface area contributed by atoms with Crippen molar-refractivity contribution in [1.29, 1.82) is 0 Å². The molecule has 2 saturated heterocycles. The van der Waals surface area contributed by atoms with E-state index in [-0.39, 0.29) is 25.1 Å². The quantitative estimate of drug-likeness (QED) is 0.0308. The molecule has 0 saturated carbocycles. The number of anilines is 1. The number of phosphoric ester groups is 2. The van der Waals surface area contributed by atoms with Gasteiger partial charge in [-0.25, -0.2) is 13.9 Å². The Balaban J connectivity index is 1.86. The van der Waals surface area contributed by atoms with Crippen LogP contribution in [0, 0.1) is 17.8 Å². The number of nitrogen functional groups attached to an aromatic ring is 1. The van der Waals surface area contributed by atoms with E-state index in [4.69, 9.17) is 29.0 Å². The molecule has 2 unspecified atom stereocenters. The third-order valence-electron chi connectivity index (χ3n) is 12.6. The maximum absolute atomic E-state index is 13.4. The van der Waals surface area contributed by atoms with Gasteiger partial charge in [0, 0.05) is 37.3 Å². The molecule has 3 rings (SSSR count). The Morgan fingerprint density at radius 1 is 0.857 bits per heavy atom. The fraction of sp³-hybridized carbons (Fsp3) is 0.830. The Morgan fingerprint density at radius 2 is 1.49 bits per heavy atom. The number of ether oxygens (including phenoxy) is 3. The van der Waals surface area contributed by atoms with Gasteiger partial charge in [-0.05, 0) is 37.7 Å². The highest BCUT2D eigenvalue weighted by atomic mass is 31.3. The number of aliphatic hydroxyl groups is 5. The van der Waals surface area contributed by atoms with Crippen molar-refractivity contribution in [2.24, 2.45) is 17.8 Å². The summed E-state index contributed by atoms with van der Waals surface area (Å²) in [5, 5.41) is 57.5. The Hall–Kier alpha value is -2.62. The second kappa shape index (κ2) is 32.5. The number of aliphatic hydroxyl groups excluding tert-OH is 5. The van der Waals surface area contributed by atoms with Crippen molar-refractivity contribution in [2.45, 2.75) is 211 Å². The van der Waals surface area contributed by atoms with Crippen molar-refractivity contribution in [3.63, 3.8) is 0 Å². The standard InChI is InChI=1S/C47H83N3O18P2/c1-4-5-15-21-34(51)25-26-36-38(52)29-39(53)37-22-17-13-14-18-23-42(54)63-30-35(66-43(55)24-19-12-10-8-6-7-9-11-16-20-33(2)3)31-64-69(59,60)68-70(61,62)65-32-40(45(57)44(36)56)67-46(37)50-28-27-41(48)49-47(50)58/h25-28,33-40,44-46,51-53,56-57H,4-24,29-32H2,1-3H3,(H,59,60)(H,61,62)(H2,48,49,58)/b26-25+/t34-,35+,36-,37-,38+,39-,40+,44-,45+,46+/m0/s1. The van der Waals surface area contributed by atoms with Crippen LogP contribution in [0.1, 0.15) is 168 Å². The van der Waals surface area contributed by atoms with Gasteiger partial charge >= 0.3 is 33.3 Å². The number of unbranched alkanes of at least 4 members (excludes halogenated alkanes) is 10. The number of carbonyl (C=O) groups is 2. The molecule has 2 aliphatic rings. The number of aromatic nitrogens is 2. The molecule has 1 aromatic heterocycles. The van der Waals surface area contributed by atoms with Crippen LogP contribution in [-0.2, 0) is 46.3 Å². The van der Waals surface area contributed by atoms with Gasteiger partial charge < -0.3 is 55.3 Å². The highest BCUT2D eigenvalue weighted by Gasteiger charge is 2.45. The van der Waals surface area contributed by atoms with Crippen molar-refractivity contribution in [1.82, 2.24) is 9.55 Å². The van der Waals surface area contributed by atoms with E-state index in [1.54, 1.807) is 0 Å². The fourth-order valence-corrected chi connectivity index (χ4v) is 10.7. The normalized spacial score (nSPS) is 31.2. The predicted octanol–water partition coefficient (Wildman–Crippen LogP) is 6.29. The third-order valence-corrected chi connectivity index (χ3v) is 15.2. The average Bonchev–Trinajstić information content (AvgIpc) is 3.28. The van der Waals surface area contributed by atoms with E-state index in [0.29, 0.717) is 50.9 Å². The van der Waals surface area contributed by atoms with Crippen molar-refractivity contribution >= 4 is 33.4 Å². The van der Waals surface area contributed by atoms with Gasteiger partial charge in [-0.2, -0.15) is 9.29 Å². The van der Waals surface area contributed by atoms with Crippen LogP contribution in [0.2, 0.25) is 0 Å². The summed E-state index contributed by atoms with van der Waals surface area (Å²) < 4.78 is 59.1. The number of hydrogen-bond acceptors (Lipinski definition) is 18. The Kier molecular flexibility index (Phi) is 28.7. The first-order valence-corrected chi connectivity index (χ1v) is 28.3. The van der Waals surface area contributed by atoms with E-state index in [2.05, 4.69) is 23.1 Å². The predicted molar refractivity (Wildman–Crippen MR) is 259 cm³/mol. The van der Waals surface area contributed by atoms with Crippen LogP contribution >= 0.6 is 15.6 Å². The van der Waals surface area contributed by atoms with Crippen LogP contribution in [0.4, 0.5) is 5.82 Å². The van der Waals surface area contributed by atoms with Crippen molar-refractivity contribution < 1.29 is 81.6 Å². The summed E-state index contributed by atoms with van der Waals surface area (Å²) in [5.74, 6) is -3.27. The summed E-state index contributed by atoms with van der Waals surface area (Å²) in [4.78, 5) is 64.2. The molecule has 0 aliphatic carbocycles. The summed E-state index contributed by atoms with van der Waals surface area (Å²) in [6.45, 7) is 3.78. The number of hydrogen-bond donors (Lipinski definition) is 8. The molecule has 23 heteroatoms. The topological polar surface area (TPSA) is 326 Å². The monoisotopic (exact) mass is 1040 g/mol. The third kappa shape index (κ3) is 23.9. The van der Waals surface area contributed by atoms with E-state index in [0.717, 1.165) is 49.5 Å². The molecule has 3 heterocycles. The zero-order valence-corrected chi connectivity index (χ0v) is 43.1. The van der Waals surface area contributed by atoms with E-state index >= 15 is 0 Å². The molecule has 404 valence electrons. The molecule has 0 aromatic carbocycles. The smallest absolute Gasteiger partial charge is 0.462 e. The van der Waals surface area contributed by atoms with Gasteiger partial charge in [0.15, 0.2) is 6.10 Å². The highest BCUT2D eigenvalue weighted by molar-refractivity contribution is 7.61. The van der Waals surface area contributed by atoms with Crippen LogP contribution in [-0.4, -0.2) is 119 Å². The first kappa shape index (κ1) is 61.7. The minimum absolute atomic E-state index is 0.00954. The summed E-state index contributed by atoms with van der Waals surface area (Å²) in [5.41, 5.74) is 4.81. The first-order chi connectivity index (χ1) is 33.2. The Labute approximate surface area is 412 Å². The number of phosphoric acid groups is 2. The maximum Gasteiger partial charge on any atom is 0.481 e. The van der Waals surface area contributed by atoms with E-state index in [1.807, 2.05) is 6.92 Å². The van der Waals surface area contributed by atoms with Gasteiger partial charge in [0.2, 0.25) is 0 Å². The van der Waals surface area contributed by atoms with Gasteiger partial charge in [0.25, 0.3) is 0 Å². The molecule has 2 bridgehead atoms. The lowest BCUT2D eigenvalue weighted by Gasteiger charge is -2.41. The van der Waals surface area contributed by atoms with Gasteiger partial charge in [-0.15, -0.1) is 0 Å². The highest BCUT2D eigenvalue weighted by Crippen LogP contribution is 2.60. The van der Waals surface area contributed by atoms with Crippen molar-refractivity contribution in [2.75, 3.05) is 25.6 Å². The number of esters is 2. The molecule has 70 heavy (non-hydrogen) atoms. The number of carbonyl (C=O) groups excluding carboxylic acids is 2. The molecule has 1 aromatic rings. The fourth-order valence-electron chi connectivity index (χ4n) is 8.57. The lowest BCUT2D eigenvalue weighted by atomic mass is 9.82. The number of nitrogens with two attached hydrogens (primary N) is 1. The molecule has 12 atom stereocenters. The minimum Gasteiger partial charge on any atom is -0.462 e. The molecule has 0 amide bonds. The molecule has 2 aliphatic heterocycles. The Morgan fingerprint density at radius 3 is 2.14 bits per heavy atom. The molecule has 0 radical (unpaired) electrons. The summed E-state index contributed by atoms with van der Waals surface area (Å²) >= 11 is 0. The Bertz CT molecular complexity index is 1860. The van der Waals surface area contributed by atoms with Gasteiger partial charge in [-0.1, -0.05) is 129 Å². The van der Waals surface area contributed by atoms with Gasteiger partial charge in [-0.3, -0.25) is 23.2 Å². The van der Waals surface area contributed by atoms with E-state index in [1.165, 1.54) is 50.1 Å². The number of fused-ring (bicyclic) bond motifs is 3.